The van der Waals surface area contributed by atoms with Crippen LogP contribution < -0.4 is 4.74 Å². The molecule has 0 aliphatic rings. The van der Waals surface area contributed by atoms with Gasteiger partial charge in [0.05, 0.1) is 18.5 Å². The summed E-state index contributed by atoms with van der Waals surface area (Å²) in [5.41, 5.74) is 4.35. The lowest BCUT2D eigenvalue weighted by Gasteiger charge is -2.09. The highest BCUT2D eigenvalue weighted by atomic mass is 16.5. The summed E-state index contributed by atoms with van der Waals surface area (Å²) >= 11 is 0. The number of ether oxygens (including phenoxy) is 1. The number of aromatic nitrogens is 2. The van der Waals surface area contributed by atoms with Crippen LogP contribution in [0.5, 0.6) is 5.75 Å². The van der Waals surface area contributed by atoms with E-state index in [1.54, 1.807) is 11.8 Å². The lowest BCUT2D eigenvalue weighted by Crippen LogP contribution is -2.01. The molecule has 0 spiro atoms. The number of aliphatic hydroxyl groups is 1. The Morgan fingerprint density at radius 2 is 1.79 bits per heavy atom. The molecular formula is C20H18N2O2. The second-order valence-electron chi connectivity index (χ2n) is 5.50. The van der Waals surface area contributed by atoms with Crippen LogP contribution in [-0.4, -0.2) is 22.0 Å². The zero-order valence-electron chi connectivity index (χ0n) is 13.6. The molecule has 1 atom stereocenters. The van der Waals surface area contributed by atoms with Gasteiger partial charge in [-0.25, -0.2) is 4.68 Å². The fraction of sp³-hybridized carbons (Fsp3) is 0.150. The zero-order chi connectivity index (χ0) is 17.1. The normalized spacial score (nSPS) is 11.8. The molecule has 24 heavy (non-hydrogen) atoms. The molecule has 2 aromatic carbocycles. The van der Waals surface area contributed by atoms with Crippen LogP contribution in [0.15, 0.2) is 54.6 Å². The van der Waals surface area contributed by atoms with Gasteiger partial charge in [0.25, 0.3) is 0 Å². The highest BCUT2D eigenvalue weighted by Crippen LogP contribution is 2.27. The van der Waals surface area contributed by atoms with Crippen molar-refractivity contribution < 1.29 is 9.84 Å². The summed E-state index contributed by atoms with van der Waals surface area (Å²) in [6.07, 6.45) is 4.30. The first-order valence-corrected chi connectivity index (χ1v) is 7.58. The minimum absolute atomic E-state index is 0.448. The number of aliphatic hydroxyl groups excluding tert-OH is 1. The smallest absolute Gasteiger partial charge is 0.158 e. The second-order valence-corrected chi connectivity index (χ2v) is 5.50. The zero-order valence-corrected chi connectivity index (χ0v) is 13.6. The van der Waals surface area contributed by atoms with Crippen molar-refractivity contribution in [2.75, 3.05) is 7.11 Å². The molecule has 1 N–H and O–H groups in total. The molecule has 0 aliphatic carbocycles. The van der Waals surface area contributed by atoms with Crippen LogP contribution in [0.4, 0.5) is 0 Å². The standard InChI is InChI=1S/C20H18N2O2/c1-4-20(23)18-13-19(15-7-5-14(2)6-8-15)22(21-18)16-9-11-17(24-3)12-10-16/h1,5-13,20,23H,2-3H3. The van der Waals surface area contributed by atoms with E-state index in [1.165, 1.54) is 5.56 Å². The number of hydrogen-bond acceptors (Lipinski definition) is 3. The fourth-order valence-corrected chi connectivity index (χ4v) is 2.47. The Balaban J connectivity index is 2.13. The summed E-state index contributed by atoms with van der Waals surface area (Å²) in [5.74, 6) is 3.08. The topological polar surface area (TPSA) is 47.3 Å². The van der Waals surface area contributed by atoms with Crippen LogP contribution in [0, 0.1) is 19.3 Å². The van der Waals surface area contributed by atoms with Gasteiger partial charge in [0, 0.05) is 5.56 Å². The lowest BCUT2D eigenvalue weighted by atomic mass is 10.1. The van der Waals surface area contributed by atoms with E-state index in [-0.39, 0.29) is 0 Å². The summed E-state index contributed by atoms with van der Waals surface area (Å²) in [6, 6.07) is 17.5. The van der Waals surface area contributed by atoms with E-state index < -0.39 is 6.10 Å². The van der Waals surface area contributed by atoms with Gasteiger partial charge in [-0.2, -0.15) is 5.10 Å². The van der Waals surface area contributed by atoms with Crippen molar-refractivity contribution in [1.82, 2.24) is 9.78 Å². The molecule has 120 valence electrons. The summed E-state index contributed by atoms with van der Waals surface area (Å²) in [7, 11) is 1.63. The Kier molecular flexibility index (Phi) is 4.37. The van der Waals surface area contributed by atoms with Gasteiger partial charge in [-0.05, 0) is 37.3 Å². The van der Waals surface area contributed by atoms with Gasteiger partial charge in [-0.3, -0.25) is 0 Å². The number of aryl methyl sites for hydroxylation is 1. The Morgan fingerprint density at radius 3 is 2.38 bits per heavy atom. The largest absolute Gasteiger partial charge is 0.497 e. The highest BCUT2D eigenvalue weighted by molar-refractivity contribution is 5.63. The molecule has 3 rings (SSSR count). The van der Waals surface area contributed by atoms with E-state index in [2.05, 4.69) is 11.0 Å². The first-order chi connectivity index (χ1) is 11.6. The van der Waals surface area contributed by atoms with Crippen LogP contribution in [0.1, 0.15) is 17.4 Å². The van der Waals surface area contributed by atoms with Crippen molar-refractivity contribution in [1.29, 1.82) is 0 Å². The third kappa shape index (κ3) is 3.03. The molecule has 0 fully saturated rings. The van der Waals surface area contributed by atoms with Crippen LogP contribution in [-0.2, 0) is 0 Å². The average Bonchev–Trinajstić information content (AvgIpc) is 3.07. The van der Waals surface area contributed by atoms with Crippen molar-refractivity contribution in [3.8, 4) is 35.0 Å². The van der Waals surface area contributed by atoms with Crippen molar-refractivity contribution in [2.24, 2.45) is 0 Å². The number of nitrogens with zero attached hydrogens (tertiary/aromatic N) is 2. The third-order valence-electron chi connectivity index (χ3n) is 3.83. The molecule has 1 heterocycles. The first-order valence-electron chi connectivity index (χ1n) is 7.58. The molecule has 4 nitrogen and oxygen atoms in total. The predicted octanol–water partition coefficient (Wildman–Crippen LogP) is 3.52. The minimum Gasteiger partial charge on any atom is -0.497 e. The van der Waals surface area contributed by atoms with Crippen molar-refractivity contribution in [2.45, 2.75) is 13.0 Å². The van der Waals surface area contributed by atoms with Crippen LogP contribution in [0.2, 0.25) is 0 Å². The number of methoxy groups -OCH3 is 1. The van der Waals surface area contributed by atoms with E-state index in [1.807, 2.05) is 61.5 Å². The number of hydrogen-bond donors (Lipinski definition) is 1. The average molecular weight is 318 g/mol. The molecule has 3 aromatic rings. The summed E-state index contributed by atoms with van der Waals surface area (Å²) < 4.78 is 6.98. The molecular weight excluding hydrogens is 300 g/mol. The predicted molar refractivity (Wildman–Crippen MR) is 94.1 cm³/mol. The lowest BCUT2D eigenvalue weighted by molar-refractivity contribution is 0.233. The van der Waals surface area contributed by atoms with Gasteiger partial charge in [-0.1, -0.05) is 35.7 Å². The van der Waals surface area contributed by atoms with Gasteiger partial charge >= 0.3 is 0 Å². The SMILES string of the molecule is C#CC(O)c1cc(-c2ccc(C)cc2)n(-c2ccc(OC)cc2)n1. The highest BCUT2D eigenvalue weighted by Gasteiger charge is 2.15. The summed E-state index contributed by atoms with van der Waals surface area (Å²) in [4.78, 5) is 0. The van der Waals surface area contributed by atoms with Gasteiger partial charge in [0.2, 0.25) is 0 Å². The fourth-order valence-electron chi connectivity index (χ4n) is 2.47. The van der Waals surface area contributed by atoms with Gasteiger partial charge in [0.1, 0.15) is 11.4 Å². The van der Waals surface area contributed by atoms with E-state index >= 15 is 0 Å². The Morgan fingerprint density at radius 1 is 1.12 bits per heavy atom. The van der Waals surface area contributed by atoms with Crippen LogP contribution in [0.3, 0.4) is 0 Å². The minimum atomic E-state index is -1.03. The number of benzene rings is 2. The van der Waals surface area contributed by atoms with E-state index in [0.717, 1.165) is 22.7 Å². The Labute approximate surface area is 141 Å². The maximum Gasteiger partial charge on any atom is 0.158 e. The molecule has 0 amide bonds. The Hall–Kier alpha value is -3.03. The van der Waals surface area contributed by atoms with Crippen LogP contribution in [0.25, 0.3) is 16.9 Å². The molecule has 0 aliphatic heterocycles. The van der Waals surface area contributed by atoms with Crippen molar-refractivity contribution >= 4 is 0 Å². The number of terminal acetylenes is 1. The molecule has 0 saturated carbocycles. The van der Waals surface area contributed by atoms with Gasteiger partial charge in [0.15, 0.2) is 6.10 Å². The van der Waals surface area contributed by atoms with E-state index in [0.29, 0.717) is 5.69 Å². The Bertz CT molecular complexity index is 871. The monoisotopic (exact) mass is 318 g/mol. The van der Waals surface area contributed by atoms with Crippen molar-refractivity contribution in [3.05, 3.63) is 65.9 Å². The quantitative estimate of drug-likeness (QED) is 0.749. The first kappa shape index (κ1) is 15.9. The van der Waals surface area contributed by atoms with Crippen molar-refractivity contribution in [3.63, 3.8) is 0 Å². The van der Waals surface area contributed by atoms with Gasteiger partial charge in [-0.15, -0.1) is 6.42 Å². The molecule has 4 heteroatoms. The van der Waals surface area contributed by atoms with Gasteiger partial charge < -0.3 is 9.84 Å². The maximum atomic E-state index is 9.96. The number of rotatable bonds is 4. The molecule has 1 unspecified atom stereocenters. The van der Waals surface area contributed by atoms with E-state index in [9.17, 15) is 5.11 Å². The molecule has 1 aromatic heterocycles. The maximum absolute atomic E-state index is 9.96. The summed E-state index contributed by atoms with van der Waals surface area (Å²) in [5, 5.41) is 14.4. The molecule has 0 radical (unpaired) electrons. The van der Waals surface area contributed by atoms with Crippen LogP contribution >= 0.6 is 0 Å². The summed E-state index contributed by atoms with van der Waals surface area (Å²) in [6.45, 7) is 2.04. The molecule has 0 saturated heterocycles. The third-order valence-corrected chi connectivity index (χ3v) is 3.83. The second kappa shape index (κ2) is 6.61. The van der Waals surface area contributed by atoms with E-state index in [4.69, 9.17) is 11.2 Å². The molecule has 0 bridgehead atoms.